The lowest BCUT2D eigenvalue weighted by molar-refractivity contribution is 0.412. The second kappa shape index (κ2) is 5.24. The van der Waals surface area contributed by atoms with E-state index in [0.29, 0.717) is 15.8 Å². The zero-order valence-corrected chi connectivity index (χ0v) is 12.7. The third kappa shape index (κ3) is 2.47. The van der Waals surface area contributed by atoms with E-state index in [4.69, 9.17) is 23.2 Å². The summed E-state index contributed by atoms with van der Waals surface area (Å²) in [7, 11) is 0. The van der Waals surface area contributed by atoms with Gasteiger partial charge >= 0.3 is 0 Å². The molecule has 108 valence electrons. The quantitative estimate of drug-likeness (QED) is 0.670. The van der Waals surface area contributed by atoms with Crippen LogP contribution in [0.2, 0.25) is 10.0 Å². The van der Waals surface area contributed by atoms with Crippen LogP contribution in [-0.4, -0.2) is 9.67 Å². The maximum absolute atomic E-state index is 13.4. The van der Waals surface area contributed by atoms with Gasteiger partial charge in [0.15, 0.2) is 0 Å². The highest BCUT2D eigenvalue weighted by molar-refractivity contribution is 6.36. The topological polar surface area (TPSA) is 25.2 Å². The van der Waals surface area contributed by atoms with Crippen molar-refractivity contribution in [1.82, 2.24) is 4.57 Å². The van der Waals surface area contributed by atoms with Crippen LogP contribution in [0.25, 0.3) is 10.8 Å². The Morgan fingerprint density at radius 3 is 2.48 bits per heavy atom. The number of aromatic nitrogens is 1. The molecule has 21 heavy (non-hydrogen) atoms. The maximum atomic E-state index is 13.4. The van der Waals surface area contributed by atoms with Crippen LogP contribution >= 0.6 is 23.2 Å². The van der Waals surface area contributed by atoms with Crippen molar-refractivity contribution in [2.45, 2.75) is 13.0 Å². The average molecular weight is 324 g/mol. The van der Waals surface area contributed by atoms with Crippen LogP contribution in [0.3, 0.4) is 0 Å². The van der Waals surface area contributed by atoms with Gasteiger partial charge in [0.1, 0.15) is 5.82 Å². The molecule has 1 heterocycles. The lowest BCUT2D eigenvalue weighted by Crippen LogP contribution is -2.04. The van der Waals surface area contributed by atoms with Gasteiger partial charge in [0.25, 0.3) is 0 Å². The molecule has 0 saturated carbocycles. The Morgan fingerprint density at radius 1 is 1.14 bits per heavy atom. The molecule has 2 aromatic carbocycles. The van der Waals surface area contributed by atoms with E-state index < -0.39 is 5.82 Å². The highest BCUT2D eigenvalue weighted by atomic mass is 35.5. The van der Waals surface area contributed by atoms with E-state index in [1.54, 1.807) is 22.9 Å². The Balaban J connectivity index is 2.14. The fourth-order valence-electron chi connectivity index (χ4n) is 2.47. The molecule has 0 saturated heterocycles. The maximum Gasteiger partial charge on any atom is 0.201 e. The van der Waals surface area contributed by atoms with Crippen molar-refractivity contribution < 1.29 is 9.50 Å². The van der Waals surface area contributed by atoms with E-state index >= 15 is 0 Å². The van der Waals surface area contributed by atoms with Crippen molar-refractivity contribution in [2.75, 3.05) is 0 Å². The molecule has 0 aliphatic heterocycles. The molecule has 0 spiro atoms. The van der Waals surface area contributed by atoms with Gasteiger partial charge in [0, 0.05) is 16.6 Å². The van der Waals surface area contributed by atoms with Gasteiger partial charge in [-0.25, -0.2) is 4.39 Å². The first-order chi connectivity index (χ1) is 9.97. The van der Waals surface area contributed by atoms with E-state index in [2.05, 4.69) is 0 Å². The zero-order chi connectivity index (χ0) is 15.1. The van der Waals surface area contributed by atoms with Crippen molar-refractivity contribution in [1.29, 1.82) is 0 Å². The number of aromatic hydroxyl groups is 1. The molecule has 1 N–H and O–H groups in total. The number of fused-ring (bicyclic) bond motifs is 1. The highest BCUT2D eigenvalue weighted by Crippen LogP contribution is 2.37. The first-order valence-corrected chi connectivity index (χ1v) is 7.17. The first-order valence-electron chi connectivity index (χ1n) is 6.41. The Morgan fingerprint density at radius 2 is 1.81 bits per heavy atom. The van der Waals surface area contributed by atoms with Crippen LogP contribution in [0.1, 0.15) is 18.5 Å². The minimum absolute atomic E-state index is 0.0254. The lowest BCUT2D eigenvalue weighted by Gasteiger charge is -2.15. The second-order valence-corrected chi connectivity index (χ2v) is 5.78. The molecule has 1 atom stereocenters. The van der Waals surface area contributed by atoms with Crippen molar-refractivity contribution in [3.63, 3.8) is 0 Å². The summed E-state index contributed by atoms with van der Waals surface area (Å²) in [4.78, 5) is 0. The van der Waals surface area contributed by atoms with Crippen molar-refractivity contribution in [3.8, 4) is 5.88 Å². The van der Waals surface area contributed by atoms with Gasteiger partial charge < -0.3 is 9.67 Å². The number of hydrogen-bond donors (Lipinski definition) is 1. The smallest absolute Gasteiger partial charge is 0.201 e. The molecule has 1 aromatic heterocycles. The summed E-state index contributed by atoms with van der Waals surface area (Å²) < 4.78 is 15.1. The summed E-state index contributed by atoms with van der Waals surface area (Å²) in [5.41, 5.74) is 0.978. The number of nitrogens with zero attached hydrogens (tertiary/aromatic N) is 1. The fraction of sp³-hybridized carbons (Fsp3) is 0.125. The first kappa shape index (κ1) is 14.2. The molecule has 2 nitrogen and oxygen atoms in total. The van der Waals surface area contributed by atoms with Crippen molar-refractivity contribution in [3.05, 3.63) is 64.0 Å². The molecular weight excluding hydrogens is 312 g/mol. The van der Waals surface area contributed by atoms with Crippen LogP contribution < -0.4 is 0 Å². The molecule has 0 fully saturated rings. The summed E-state index contributed by atoms with van der Waals surface area (Å²) in [6.45, 7) is 1.94. The predicted octanol–water partition coefficient (Wildman–Crippen LogP) is 5.40. The average Bonchev–Trinajstić information content (AvgIpc) is 2.76. The molecule has 5 heteroatoms. The normalized spacial score (nSPS) is 12.8. The van der Waals surface area contributed by atoms with Crippen LogP contribution in [0, 0.1) is 5.82 Å². The second-order valence-electron chi connectivity index (χ2n) is 4.94. The molecule has 0 unspecified atom stereocenters. The van der Waals surface area contributed by atoms with Gasteiger partial charge in [-0.05, 0) is 36.8 Å². The van der Waals surface area contributed by atoms with E-state index in [1.807, 2.05) is 19.1 Å². The number of hydrogen-bond acceptors (Lipinski definition) is 1. The third-order valence-electron chi connectivity index (χ3n) is 3.60. The molecule has 0 aliphatic rings. The molecule has 0 aliphatic carbocycles. The summed E-state index contributed by atoms with van der Waals surface area (Å²) in [6, 6.07) is 9.78. The van der Waals surface area contributed by atoms with Crippen LogP contribution in [-0.2, 0) is 0 Å². The Labute approximate surface area is 131 Å². The summed E-state index contributed by atoms with van der Waals surface area (Å²) in [6.07, 6.45) is 1.69. The lowest BCUT2D eigenvalue weighted by atomic mass is 10.1. The fourth-order valence-corrected chi connectivity index (χ4v) is 2.89. The minimum atomic E-state index is -0.427. The SMILES string of the molecule is C[C@@H](c1ccc(Cl)cc1)n1cc2cc(F)cc(Cl)c2c1O. The standard InChI is InChI=1S/C16H12Cl2FNO/c1-9(10-2-4-12(17)5-3-10)20-8-11-6-13(19)7-14(18)15(11)16(20)21/h2-9,21H,1H3/t9-/m0/s1. The monoisotopic (exact) mass is 323 g/mol. The Kier molecular flexibility index (Phi) is 3.56. The highest BCUT2D eigenvalue weighted by Gasteiger charge is 2.17. The van der Waals surface area contributed by atoms with Crippen molar-refractivity contribution >= 4 is 34.0 Å². The van der Waals surface area contributed by atoms with Gasteiger partial charge in [0.05, 0.1) is 16.5 Å². The van der Waals surface area contributed by atoms with Gasteiger partial charge in [-0.15, -0.1) is 0 Å². The zero-order valence-electron chi connectivity index (χ0n) is 11.1. The van der Waals surface area contributed by atoms with Crippen LogP contribution in [0.5, 0.6) is 5.88 Å². The predicted molar refractivity (Wildman–Crippen MR) is 83.8 cm³/mol. The Hall–Kier alpha value is -1.71. The third-order valence-corrected chi connectivity index (χ3v) is 4.15. The number of rotatable bonds is 2. The van der Waals surface area contributed by atoms with E-state index in [0.717, 1.165) is 5.56 Å². The number of benzene rings is 2. The molecule has 3 aromatic rings. The van der Waals surface area contributed by atoms with E-state index in [1.165, 1.54) is 12.1 Å². The largest absolute Gasteiger partial charge is 0.494 e. The number of halogens is 3. The van der Waals surface area contributed by atoms with Gasteiger partial charge in [-0.1, -0.05) is 35.3 Å². The minimum Gasteiger partial charge on any atom is -0.494 e. The molecular formula is C16H12Cl2FNO. The van der Waals surface area contributed by atoms with E-state index in [-0.39, 0.29) is 16.9 Å². The molecule has 0 bridgehead atoms. The summed E-state index contributed by atoms with van der Waals surface area (Å²) >= 11 is 11.9. The summed E-state index contributed by atoms with van der Waals surface area (Å²) in [5.74, 6) is -0.402. The summed E-state index contributed by atoms with van der Waals surface area (Å²) in [5, 5.41) is 12.3. The molecule has 0 radical (unpaired) electrons. The molecule has 3 rings (SSSR count). The van der Waals surface area contributed by atoms with Crippen LogP contribution in [0.15, 0.2) is 42.6 Å². The van der Waals surface area contributed by atoms with E-state index in [9.17, 15) is 9.50 Å². The van der Waals surface area contributed by atoms with Gasteiger partial charge in [-0.3, -0.25) is 0 Å². The van der Waals surface area contributed by atoms with Gasteiger partial charge in [-0.2, -0.15) is 0 Å². The van der Waals surface area contributed by atoms with Crippen molar-refractivity contribution in [2.24, 2.45) is 0 Å². The van der Waals surface area contributed by atoms with Gasteiger partial charge in [0.2, 0.25) is 5.88 Å². The Bertz CT molecular complexity index is 811. The van der Waals surface area contributed by atoms with Crippen LogP contribution in [0.4, 0.5) is 4.39 Å². The molecule has 0 amide bonds.